The topological polar surface area (TPSA) is 54.2 Å². The first-order valence-corrected chi connectivity index (χ1v) is 5.87. The minimum atomic E-state index is 0.557. The van der Waals surface area contributed by atoms with E-state index >= 15 is 0 Å². The van der Waals surface area contributed by atoms with Crippen molar-refractivity contribution in [3.05, 3.63) is 11.7 Å². The summed E-state index contributed by atoms with van der Waals surface area (Å²) in [7, 11) is 2.10. The lowest BCUT2D eigenvalue weighted by atomic mass is 10.1. The summed E-state index contributed by atoms with van der Waals surface area (Å²) in [5.74, 6) is 2.11. The molecule has 0 spiro atoms. The van der Waals surface area contributed by atoms with E-state index in [9.17, 15) is 0 Å². The van der Waals surface area contributed by atoms with Crippen LogP contribution in [0.4, 0.5) is 0 Å². The van der Waals surface area contributed by atoms with Gasteiger partial charge in [-0.15, -0.1) is 0 Å². The smallest absolute Gasteiger partial charge is 0.226 e. The summed E-state index contributed by atoms with van der Waals surface area (Å²) in [6.07, 6.45) is 0.863. The highest BCUT2D eigenvalue weighted by Crippen LogP contribution is 2.09. The third-order valence-corrected chi connectivity index (χ3v) is 2.87. The number of nitrogens with one attached hydrogen (secondary N) is 1. The van der Waals surface area contributed by atoms with E-state index in [1.165, 1.54) is 0 Å². The molecule has 16 heavy (non-hydrogen) atoms. The number of likely N-dealkylation sites (N-methyl/N-ethyl adjacent to an activating group) is 1. The average molecular weight is 224 g/mol. The van der Waals surface area contributed by atoms with Gasteiger partial charge in [0, 0.05) is 25.6 Å². The van der Waals surface area contributed by atoms with Crippen LogP contribution in [0.3, 0.4) is 0 Å². The molecule has 1 N–H and O–H groups in total. The molecule has 5 nitrogen and oxygen atoms in total. The van der Waals surface area contributed by atoms with Crippen LogP contribution in [0.25, 0.3) is 0 Å². The highest BCUT2D eigenvalue weighted by Gasteiger charge is 2.22. The monoisotopic (exact) mass is 224 g/mol. The van der Waals surface area contributed by atoms with Crippen LogP contribution in [0, 0.1) is 5.92 Å². The van der Waals surface area contributed by atoms with Gasteiger partial charge in [-0.1, -0.05) is 19.0 Å². The zero-order valence-corrected chi connectivity index (χ0v) is 10.2. The highest BCUT2D eigenvalue weighted by molar-refractivity contribution is 4.90. The Morgan fingerprint density at radius 1 is 1.50 bits per heavy atom. The Morgan fingerprint density at radius 2 is 2.25 bits per heavy atom. The Bertz CT molecular complexity index is 332. The number of aromatic nitrogens is 2. The number of nitrogens with zero attached hydrogens (tertiary/aromatic N) is 3. The van der Waals surface area contributed by atoms with Gasteiger partial charge in [0.15, 0.2) is 5.82 Å². The van der Waals surface area contributed by atoms with Crippen molar-refractivity contribution in [1.29, 1.82) is 0 Å². The van der Waals surface area contributed by atoms with Crippen LogP contribution in [0.1, 0.15) is 25.6 Å². The van der Waals surface area contributed by atoms with Gasteiger partial charge in [0.2, 0.25) is 5.89 Å². The van der Waals surface area contributed by atoms with E-state index in [4.69, 9.17) is 4.52 Å². The lowest BCUT2D eigenvalue weighted by Crippen LogP contribution is -2.55. The zero-order valence-electron chi connectivity index (χ0n) is 10.2. The standard InChI is InChI=1S/C11H20N4O/c1-8(2)4-11-13-10(14-16-11)7-15(3)9-5-12-6-9/h8-9,12H,4-7H2,1-3H3. The van der Waals surface area contributed by atoms with Gasteiger partial charge in [-0.3, -0.25) is 4.90 Å². The van der Waals surface area contributed by atoms with Crippen molar-refractivity contribution in [2.24, 2.45) is 5.92 Å². The SMILES string of the molecule is CC(C)Cc1nc(CN(C)C2CNC2)no1. The maximum atomic E-state index is 5.20. The van der Waals surface area contributed by atoms with Crippen LogP contribution in [0.5, 0.6) is 0 Å². The molecule has 1 fully saturated rings. The first-order chi connectivity index (χ1) is 7.65. The predicted molar refractivity (Wildman–Crippen MR) is 61.0 cm³/mol. The third-order valence-electron chi connectivity index (χ3n) is 2.87. The molecule has 0 atom stereocenters. The molecule has 1 aliphatic rings. The van der Waals surface area contributed by atoms with Crippen LogP contribution < -0.4 is 5.32 Å². The van der Waals surface area contributed by atoms with E-state index in [1.54, 1.807) is 0 Å². The summed E-state index contributed by atoms with van der Waals surface area (Å²) < 4.78 is 5.20. The molecular formula is C11H20N4O. The molecule has 1 saturated heterocycles. The summed E-state index contributed by atoms with van der Waals surface area (Å²) in [6.45, 7) is 7.19. The number of hydrogen-bond donors (Lipinski definition) is 1. The minimum absolute atomic E-state index is 0.557. The lowest BCUT2D eigenvalue weighted by Gasteiger charge is -2.34. The van der Waals surface area contributed by atoms with Crippen molar-refractivity contribution in [1.82, 2.24) is 20.4 Å². The summed E-state index contributed by atoms with van der Waals surface area (Å²) in [4.78, 5) is 6.66. The molecule has 2 rings (SSSR count). The predicted octanol–water partition coefficient (Wildman–Crippen LogP) is 0.672. The number of hydrogen-bond acceptors (Lipinski definition) is 5. The van der Waals surface area contributed by atoms with Crippen molar-refractivity contribution < 1.29 is 4.52 Å². The fourth-order valence-corrected chi connectivity index (χ4v) is 1.72. The van der Waals surface area contributed by atoms with E-state index in [0.717, 1.165) is 37.8 Å². The Kier molecular flexibility index (Phi) is 3.56. The van der Waals surface area contributed by atoms with Crippen molar-refractivity contribution in [2.45, 2.75) is 32.9 Å². The summed E-state index contributed by atoms with van der Waals surface area (Å²) in [5.41, 5.74) is 0. The second-order valence-corrected chi connectivity index (χ2v) is 4.93. The van der Waals surface area contributed by atoms with Gasteiger partial charge in [0.1, 0.15) is 0 Å². The molecule has 0 unspecified atom stereocenters. The Labute approximate surface area is 96.2 Å². The van der Waals surface area contributed by atoms with Crippen LogP contribution in [0.15, 0.2) is 4.52 Å². The van der Waals surface area contributed by atoms with E-state index in [2.05, 4.69) is 41.3 Å². The Balaban J connectivity index is 1.86. The minimum Gasteiger partial charge on any atom is -0.339 e. The van der Waals surface area contributed by atoms with Gasteiger partial charge in [-0.05, 0) is 13.0 Å². The molecule has 2 heterocycles. The molecule has 0 saturated carbocycles. The summed E-state index contributed by atoms with van der Waals surface area (Å²) in [6, 6.07) is 0.618. The first-order valence-electron chi connectivity index (χ1n) is 5.87. The quantitative estimate of drug-likeness (QED) is 0.796. The maximum absolute atomic E-state index is 5.20. The molecule has 1 aliphatic heterocycles. The fourth-order valence-electron chi connectivity index (χ4n) is 1.72. The van der Waals surface area contributed by atoms with Crippen molar-refractivity contribution >= 4 is 0 Å². The zero-order chi connectivity index (χ0) is 11.5. The summed E-state index contributed by atoms with van der Waals surface area (Å²) in [5, 5.41) is 7.26. The Hall–Kier alpha value is -0.940. The van der Waals surface area contributed by atoms with Crippen LogP contribution in [-0.4, -0.2) is 41.2 Å². The van der Waals surface area contributed by atoms with Gasteiger partial charge in [0.25, 0.3) is 0 Å². The van der Waals surface area contributed by atoms with E-state index in [0.29, 0.717) is 12.0 Å². The number of rotatable bonds is 5. The first kappa shape index (κ1) is 11.5. The Morgan fingerprint density at radius 3 is 2.81 bits per heavy atom. The highest BCUT2D eigenvalue weighted by atomic mass is 16.5. The molecule has 0 bridgehead atoms. The lowest BCUT2D eigenvalue weighted by molar-refractivity contribution is 0.168. The van der Waals surface area contributed by atoms with Crippen molar-refractivity contribution in [2.75, 3.05) is 20.1 Å². The molecule has 5 heteroatoms. The molecule has 1 aromatic heterocycles. The van der Waals surface area contributed by atoms with Crippen molar-refractivity contribution in [3.63, 3.8) is 0 Å². The third kappa shape index (κ3) is 2.80. The molecule has 90 valence electrons. The maximum Gasteiger partial charge on any atom is 0.226 e. The second kappa shape index (κ2) is 4.93. The molecular weight excluding hydrogens is 204 g/mol. The largest absolute Gasteiger partial charge is 0.339 e. The molecule has 0 aliphatic carbocycles. The van der Waals surface area contributed by atoms with Crippen LogP contribution >= 0.6 is 0 Å². The molecule has 0 aromatic carbocycles. The average Bonchev–Trinajstić information content (AvgIpc) is 2.47. The van der Waals surface area contributed by atoms with E-state index in [-0.39, 0.29) is 0 Å². The molecule has 0 amide bonds. The summed E-state index contributed by atoms with van der Waals surface area (Å²) >= 11 is 0. The van der Waals surface area contributed by atoms with Crippen LogP contribution in [0.2, 0.25) is 0 Å². The molecule has 0 radical (unpaired) electrons. The van der Waals surface area contributed by atoms with Gasteiger partial charge < -0.3 is 9.84 Å². The van der Waals surface area contributed by atoms with Crippen molar-refractivity contribution in [3.8, 4) is 0 Å². The van der Waals surface area contributed by atoms with Gasteiger partial charge in [-0.25, -0.2) is 0 Å². The second-order valence-electron chi connectivity index (χ2n) is 4.93. The van der Waals surface area contributed by atoms with Crippen LogP contribution in [-0.2, 0) is 13.0 Å². The normalized spacial score (nSPS) is 17.1. The van der Waals surface area contributed by atoms with E-state index in [1.807, 2.05) is 0 Å². The fraction of sp³-hybridized carbons (Fsp3) is 0.818. The van der Waals surface area contributed by atoms with E-state index < -0.39 is 0 Å². The van der Waals surface area contributed by atoms with Gasteiger partial charge in [-0.2, -0.15) is 4.98 Å². The molecule has 1 aromatic rings. The van der Waals surface area contributed by atoms with Gasteiger partial charge in [0.05, 0.1) is 6.54 Å². The van der Waals surface area contributed by atoms with Gasteiger partial charge >= 0.3 is 0 Å².